The Balaban J connectivity index is 2.06. The van der Waals surface area contributed by atoms with E-state index < -0.39 is 54.5 Å². The topological polar surface area (TPSA) is 191 Å². The van der Waals surface area contributed by atoms with Crippen LogP contribution in [0.5, 0.6) is 0 Å². The summed E-state index contributed by atoms with van der Waals surface area (Å²) in [5.74, 6) is -2.33. The Labute approximate surface area is 189 Å². The molecule has 2 heterocycles. The number of aromatic amines is 1. The number of amides is 3. The molecular formula is C19H30N6O6S. The van der Waals surface area contributed by atoms with E-state index in [4.69, 9.17) is 15.9 Å². The number of thioether (sulfide) groups is 1. The summed E-state index contributed by atoms with van der Waals surface area (Å²) < 4.78 is 0. The zero-order chi connectivity index (χ0) is 23.7. The highest BCUT2D eigenvalue weighted by atomic mass is 32.2. The standard InChI is InChI=1S/C19H30N6O6S/c1-32-6-4-13(23-16(27)12(20)7-11-8-21-10-22-11)18(29)25-5-2-3-15(25)17(28)24-14(9-26)19(30)31/h8,10,12-15,26H,2-7,9,20H2,1H3,(H,21,22)(H,23,27)(H,24,28)(H,30,31). The first-order chi connectivity index (χ1) is 15.3. The third-order valence-corrected chi connectivity index (χ3v) is 5.84. The summed E-state index contributed by atoms with van der Waals surface area (Å²) in [7, 11) is 0. The number of likely N-dealkylation sites (tertiary alicyclic amines) is 1. The summed E-state index contributed by atoms with van der Waals surface area (Å²) in [5, 5.41) is 23.2. The minimum absolute atomic E-state index is 0.224. The van der Waals surface area contributed by atoms with Crippen LogP contribution in [0.1, 0.15) is 25.0 Å². The fourth-order valence-electron chi connectivity index (χ4n) is 3.45. The lowest BCUT2D eigenvalue weighted by molar-refractivity contribution is -0.145. The number of nitrogens with one attached hydrogen (secondary N) is 3. The zero-order valence-electron chi connectivity index (χ0n) is 17.8. The molecule has 1 aromatic heterocycles. The van der Waals surface area contributed by atoms with Gasteiger partial charge < -0.3 is 36.5 Å². The third-order valence-electron chi connectivity index (χ3n) is 5.19. The van der Waals surface area contributed by atoms with Gasteiger partial charge in [-0.05, 0) is 31.3 Å². The maximum absolute atomic E-state index is 13.2. The van der Waals surface area contributed by atoms with E-state index in [0.717, 1.165) is 0 Å². The van der Waals surface area contributed by atoms with Crippen molar-refractivity contribution in [2.24, 2.45) is 5.73 Å². The van der Waals surface area contributed by atoms with Crippen molar-refractivity contribution in [3.05, 3.63) is 18.2 Å². The first kappa shape index (κ1) is 25.6. The maximum atomic E-state index is 13.2. The molecule has 7 N–H and O–H groups in total. The van der Waals surface area contributed by atoms with E-state index in [1.165, 1.54) is 23.0 Å². The molecule has 178 valence electrons. The third kappa shape index (κ3) is 6.93. The molecule has 0 bridgehead atoms. The largest absolute Gasteiger partial charge is 0.480 e. The minimum atomic E-state index is -1.45. The number of H-pyrrole nitrogens is 1. The fraction of sp³-hybridized carbons (Fsp3) is 0.632. The van der Waals surface area contributed by atoms with Crippen molar-refractivity contribution in [3.8, 4) is 0 Å². The average Bonchev–Trinajstić information content (AvgIpc) is 3.45. The molecule has 1 aliphatic rings. The van der Waals surface area contributed by atoms with Gasteiger partial charge in [0, 0.05) is 24.9 Å². The molecule has 0 spiro atoms. The molecule has 13 heteroatoms. The molecule has 0 radical (unpaired) electrons. The van der Waals surface area contributed by atoms with E-state index in [2.05, 4.69) is 20.6 Å². The maximum Gasteiger partial charge on any atom is 0.328 e. The SMILES string of the molecule is CSCCC(NC(=O)C(N)Cc1cnc[nH]1)C(=O)N1CCCC1C(=O)NC(CO)C(=O)O. The van der Waals surface area contributed by atoms with Crippen LogP contribution < -0.4 is 16.4 Å². The van der Waals surface area contributed by atoms with Crippen LogP contribution in [-0.4, -0.2) is 98.1 Å². The van der Waals surface area contributed by atoms with Gasteiger partial charge in [0.05, 0.1) is 19.0 Å². The number of nitrogens with zero attached hydrogens (tertiary/aromatic N) is 2. The Bertz CT molecular complexity index is 791. The van der Waals surface area contributed by atoms with E-state index in [-0.39, 0.29) is 6.42 Å². The lowest BCUT2D eigenvalue weighted by Gasteiger charge is -2.29. The summed E-state index contributed by atoms with van der Waals surface area (Å²) in [6.07, 6.45) is 6.41. The zero-order valence-corrected chi connectivity index (χ0v) is 18.6. The second kappa shape index (κ2) is 12.4. The van der Waals surface area contributed by atoms with Crippen LogP contribution in [-0.2, 0) is 25.6 Å². The smallest absolute Gasteiger partial charge is 0.328 e. The molecule has 0 saturated carbocycles. The van der Waals surface area contributed by atoms with Gasteiger partial charge in [0.1, 0.15) is 18.1 Å². The number of hydrogen-bond donors (Lipinski definition) is 6. The second-order valence-electron chi connectivity index (χ2n) is 7.50. The lowest BCUT2D eigenvalue weighted by atomic mass is 10.1. The van der Waals surface area contributed by atoms with Gasteiger partial charge >= 0.3 is 5.97 Å². The van der Waals surface area contributed by atoms with Gasteiger partial charge in [-0.2, -0.15) is 11.8 Å². The summed E-state index contributed by atoms with van der Waals surface area (Å²) in [6.45, 7) is -0.456. The highest BCUT2D eigenvalue weighted by molar-refractivity contribution is 7.98. The van der Waals surface area contributed by atoms with Crippen LogP contribution in [0.4, 0.5) is 0 Å². The van der Waals surface area contributed by atoms with Crippen molar-refractivity contribution in [1.29, 1.82) is 0 Å². The molecule has 1 aliphatic heterocycles. The van der Waals surface area contributed by atoms with E-state index >= 15 is 0 Å². The summed E-state index contributed by atoms with van der Waals surface area (Å²) in [6, 6.07) is -4.08. The van der Waals surface area contributed by atoms with Crippen LogP contribution in [0, 0.1) is 0 Å². The van der Waals surface area contributed by atoms with Gasteiger partial charge in [-0.25, -0.2) is 9.78 Å². The normalized spacial score (nSPS) is 18.6. The van der Waals surface area contributed by atoms with Gasteiger partial charge in [-0.1, -0.05) is 0 Å². The van der Waals surface area contributed by atoms with Gasteiger partial charge in [-0.15, -0.1) is 0 Å². The molecule has 3 amide bonds. The van der Waals surface area contributed by atoms with Crippen molar-refractivity contribution in [2.75, 3.05) is 25.2 Å². The number of imidazole rings is 1. The number of aliphatic carboxylic acids is 1. The quantitative estimate of drug-likeness (QED) is 0.202. The highest BCUT2D eigenvalue weighted by Gasteiger charge is 2.38. The van der Waals surface area contributed by atoms with E-state index in [1.807, 2.05) is 6.26 Å². The number of carbonyl (C=O) groups is 4. The van der Waals surface area contributed by atoms with Crippen molar-refractivity contribution in [1.82, 2.24) is 25.5 Å². The van der Waals surface area contributed by atoms with Crippen molar-refractivity contribution in [3.63, 3.8) is 0 Å². The molecule has 4 atom stereocenters. The Morgan fingerprint density at radius 3 is 2.69 bits per heavy atom. The van der Waals surface area contributed by atoms with Crippen LogP contribution in [0.25, 0.3) is 0 Å². The molecule has 4 unspecified atom stereocenters. The number of carbonyl (C=O) groups excluding carboxylic acids is 3. The van der Waals surface area contributed by atoms with Crippen molar-refractivity contribution < 1.29 is 29.4 Å². The Kier molecular flexibility index (Phi) is 9.94. The van der Waals surface area contributed by atoms with Crippen LogP contribution >= 0.6 is 11.8 Å². The molecule has 12 nitrogen and oxygen atoms in total. The predicted octanol–water partition coefficient (Wildman–Crippen LogP) is -1.93. The Morgan fingerprint density at radius 2 is 2.09 bits per heavy atom. The second-order valence-corrected chi connectivity index (χ2v) is 8.49. The number of hydrogen-bond acceptors (Lipinski definition) is 8. The number of nitrogens with two attached hydrogens (primary N) is 1. The molecule has 2 rings (SSSR count). The Hall–Kier alpha value is -2.64. The van der Waals surface area contributed by atoms with E-state index in [9.17, 15) is 19.2 Å². The number of rotatable bonds is 12. The van der Waals surface area contributed by atoms with Crippen molar-refractivity contribution in [2.45, 2.75) is 49.9 Å². The number of aliphatic hydroxyl groups is 1. The first-order valence-electron chi connectivity index (χ1n) is 10.2. The van der Waals surface area contributed by atoms with Crippen LogP contribution in [0.2, 0.25) is 0 Å². The number of carboxylic acids is 1. The molecule has 0 aliphatic carbocycles. The van der Waals surface area contributed by atoms with E-state index in [1.54, 1.807) is 6.20 Å². The summed E-state index contributed by atoms with van der Waals surface area (Å²) >= 11 is 1.51. The molecule has 32 heavy (non-hydrogen) atoms. The molecule has 1 aromatic rings. The number of aromatic nitrogens is 2. The monoisotopic (exact) mass is 470 g/mol. The molecule has 0 aromatic carbocycles. The summed E-state index contributed by atoms with van der Waals surface area (Å²) in [5.41, 5.74) is 6.67. The first-order valence-corrected chi connectivity index (χ1v) is 11.6. The molecular weight excluding hydrogens is 440 g/mol. The summed E-state index contributed by atoms with van der Waals surface area (Å²) in [4.78, 5) is 57.6. The van der Waals surface area contributed by atoms with Crippen LogP contribution in [0.15, 0.2) is 12.5 Å². The minimum Gasteiger partial charge on any atom is -0.480 e. The van der Waals surface area contributed by atoms with Gasteiger partial charge in [-0.3, -0.25) is 14.4 Å². The average molecular weight is 471 g/mol. The van der Waals surface area contributed by atoms with Crippen LogP contribution in [0.3, 0.4) is 0 Å². The van der Waals surface area contributed by atoms with Crippen molar-refractivity contribution >= 4 is 35.5 Å². The molecule has 1 saturated heterocycles. The van der Waals surface area contributed by atoms with Gasteiger partial charge in [0.25, 0.3) is 0 Å². The Morgan fingerprint density at radius 1 is 1.34 bits per heavy atom. The lowest BCUT2D eigenvalue weighted by Crippen LogP contribution is -2.57. The molecule has 1 fully saturated rings. The fourth-order valence-corrected chi connectivity index (χ4v) is 3.93. The number of carboxylic acid groups (broad SMARTS) is 1. The predicted molar refractivity (Wildman–Crippen MR) is 117 cm³/mol. The number of aliphatic hydroxyl groups excluding tert-OH is 1. The highest BCUT2D eigenvalue weighted by Crippen LogP contribution is 2.20. The van der Waals surface area contributed by atoms with Gasteiger partial charge in [0.2, 0.25) is 17.7 Å². The van der Waals surface area contributed by atoms with E-state index in [0.29, 0.717) is 37.3 Å². The van der Waals surface area contributed by atoms with Gasteiger partial charge in [0.15, 0.2) is 0 Å².